The minimum absolute atomic E-state index is 0.0326. The molecule has 0 radical (unpaired) electrons. The van der Waals surface area contributed by atoms with Crippen LogP contribution < -0.4 is 14.8 Å². The smallest absolute Gasteiger partial charge is 0.220 e. The molecule has 1 unspecified atom stereocenters. The quantitative estimate of drug-likeness (QED) is 0.765. The van der Waals surface area contributed by atoms with Crippen LogP contribution in [0.4, 0.5) is 0 Å². The summed E-state index contributed by atoms with van der Waals surface area (Å²) in [5.74, 6) is 1.63. The number of halogens is 1. The maximum Gasteiger partial charge on any atom is 0.220 e. The molecule has 2 aromatic rings. The number of carbonyl (C=O) groups is 1. The number of hydrogen-bond donors (Lipinski definition) is 1. The van der Waals surface area contributed by atoms with E-state index in [1.54, 1.807) is 14.2 Å². The van der Waals surface area contributed by atoms with Gasteiger partial charge in [-0.25, -0.2) is 0 Å². The van der Waals surface area contributed by atoms with E-state index in [0.29, 0.717) is 12.8 Å². The van der Waals surface area contributed by atoms with Gasteiger partial charge < -0.3 is 14.8 Å². The van der Waals surface area contributed by atoms with Crippen LogP contribution in [0, 0.1) is 0 Å². The van der Waals surface area contributed by atoms with Crippen LogP contribution in [-0.4, -0.2) is 20.1 Å². The van der Waals surface area contributed by atoms with Gasteiger partial charge in [0, 0.05) is 6.42 Å². The molecule has 0 fully saturated rings. The zero-order valence-electron chi connectivity index (χ0n) is 14.1. The fourth-order valence-corrected chi connectivity index (χ4v) is 2.96. The lowest BCUT2D eigenvalue weighted by Gasteiger charge is -2.15. The van der Waals surface area contributed by atoms with Crippen LogP contribution in [0.2, 0.25) is 0 Å². The Kier molecular flexibility index (Phi) is 6.67. The molecule has 0 heterocycles. The average molecular weight is 392 g/mol. The Morgan fingerprint density at radius 1 is 1.12 bits per heavy atom. The molecule has 5 heteroatoms. The summed E-state index contributed by atoms with van der Waals surface area (Å²) in [6.45, 7) is 1.97. The summed E-state index contributed by atoms with van der Waals surface area (Å²) in [4.78, 5) is 12.2. The van der Waals surface area contributed by atoms with Crippen LogP contribution in [0.25, 0.3) is 0 Å². The van der Waals surface area contributed by atoms with E-state index < -0.39 is 0 Å². The monoisotopic (exact) mass is 391 g/mol. The van der Waals surface area contributed by atoms with Gasteiger partial charge in [0.2, 0.25) is 5.91 Å². The molecule has 1 N–H and O–H groups in total. The second kappa shape index (κ2) is 8.73. The van der Waals surface area contributed by atoms with Crippen molar-refractivity contribution in [2.75, 3.05) is 14.2 Å². The second-order valence-corrected chi connectivity index (χ2v) is 6.39. The predicted molar refractivity (Wildman–Crippen MR) is 98.6 cm³/mol. The van der Waals surface area contributed by atoms with E-state index in [1.807, 2.05) is 49.4 Å². The number of methoxy groups -OCH3 is 2. The van der Waals surface area contributed by atoms with Gasteiger partial charge in [-0.15, -0.1) is 0 Å². The number of amides is 1. The van der Waals surface area contributed by atoms with Crippen molar-refractivity contribution in [1.29, 1.82) is 0 Å². The van der Waals surface area contributed by atoms with E-state index in [2.05, 4.69) is 21.2 Å². The first-order valence-corrected chi connectivity index (χ1v) is 8.58. The van der Waals surface area contributed by atoms with E-state index in [9.17, 15) is 4.79 Å². The molecule has 0 spiro atoms. The Labute approximate surface area is 151 Å². The van der Waals surface area contributed by atoms with Gasteiger partial charge in [-0.2, -0.15) is 0 Å². The highest BCUT2D eigenvalue weighted by Crippen LogP contribution is 2.28. The molecule has 0 saturated carbocycles. The maximum absolute atomic E-state index is 12.2. The third-order valence-corrected chi connectivity index (χ3v) is 4.47. The molecule has 2 aromatic carbocycles. The maximum atomic E-state index is 12.2. The number of hydrogen-bond acceptors (Lipinski definition) is 3. The summed E-state index contributed by atoms with van der Waals surface area (Å²) < 4.78 is 11.2. The van der Waals surface area contributed by atoms with Crippen LogP contribution in [0.5, 0.6) is 11.5 Å². The van der Waals surface area contributed by atoms with Crippen molar-refractivity contribution in [3.8, 4) is 11.5 Å². The highest BCUT2D eigenvalue weighted by atomic mass is 79.9. The summed E-state index contributed by atoms with van der Waals surface area (Å²) in [7, 11) is 3.27. The zero-order chi connectivity index (χ0) is 17.5. The summed E-state index contributed by atoms with van der Waals surface area (Å²) in [6.07, 6.45) is 1.16. The van der Waals surface area contributed by atoms with Gasteiger partial charge in [-0.1, -0.05) is 18.2 Å². The molecule has 2 rings (SSSR count). The van der Waals surface area contributed by atoms with Crippen molar-refractivity contribution in [2.45, 2.75) is 25.8 Å². The third-order valence-electron chi connectivity index (χ3n) is 3.85. The number of rotatable bonds is 7. The Bertz CT molecular complexity index is 686. The Morgan fingerprint density at radius 2 is 1.83 bits per heavy atom. The lowest BCUT2D eigenvalue weighted by Crippen LogP contribution is -2.26. The number of ether oxygens (including phenoxy) is 2. The molecule has 0 aliphatic rings. The SMILES string of the molecule is COc1ccc(CCC(=O)NC(C)c2ccc(OC)c(Br)c2)cc1. The highest BCUT2D eigenvalue weighted by molar-refractivity contribution is 9.10. The van der Waals surface area contributed by atoms with Gasteiger partial charge in [0.25, 0.3) is 0 Å². The predicted octanol–water partition coefficient (Wildman–Crippen LogP) is 4.28. The largest absolute Gasteiger partial charge is 0.497 e. The molecule has 0 aromatic heterocycles. The first-order chi connectivity index (χ1) is 11.5. The molecule has 0 saturated heterocycles. The minimum Gasteiger partial charge on any atom is -0.497 e. The first-order valence-electron chi connectivity index (χ1n) is 7.79. The topological polar surface area (TPSA) is 47.6 Å². The van der Waals surface area contributed by atoms with Crippen LogP contribution in [-0.2, 0) is 11.2 Å². The van der Waals surface area contributed by atoms with Gasteiger partial charge in [0.05, 0.1) is 24.7 Å². The number of benzene rings is 2. The molecular weight excluding hydrogens is 370 g/mol. The number of aryl methyl sites for hydroxylation is 1. The van der Waals surface area contributed by atoms with Gasteiger partial charge in [-0.05, 0) is 64.7 Å². The third kappa shape index (κ3) is 4.99. The summed E-state index contributed by atoms with van der Waals surface area (Å²) in [6, 6.07) is 13.5. The van der Waals surface area contributed by atoms with Crippen molar-refractivity contribution in [1.82, 2.24) is 5.32 Å². The molecule has 0 aliphatic heterocycles. The molecular formula is C19H22BrNO3. The van der Waals surface area contributed by atoms with Gasteiger partial charge >= 0.3 is 0 Å². The molecule has 0 aliphatic carbocycles. The van der Waals surface area contributed by atoms with Crippen molar-refractivity contribution in [3.63, 3.8) is 0 Å². The van der Waals surface area contributed by atoms with Gasteiger partial charge in [-0.3, -0.25) is 4.79 Å². The molecule has 1 amide bonds. The molecule has 128 valence electrons. The Balaban J connectivity index is 1.87. The van der Waals surface area contributed by atoms with Crippen molar-refractivity contribution >= 4 is 21.8 Å². The zero-order valence-corrected chi connectivity index (χ0v) is 15.7. The summed E-state index contributed by atoms with van der Waals surface area (Å²) in [5.41, 5.74) is 2.14. The van der Waals surface area contributed by atoms with Crippen LogP contribution in [0.15, 0.2) is 46.9 Å². The Morgan fingerprint density at radius 3 is 2.42 bits per heavy atom. The summed E-state index contributed by atoms with van der Waals surface area (Å²) >= 11 is 3.47. The molecule has 24 heavy (non-hydrogen) atoms. The van der Waals surface area contributed by atoms with E-state index in [0.717, 1.165) is 27.1 Å². The van der Waals surface area contributed by atoms with Gasteiger partial charge in [0.1, 0.15) is 11.5 Å². The standard InChI is InChI=1S/C19H22BrNO3/c1-13(15-7-10-18(24-3)17(20)12-15)21-19(22)11-6-14-4-8-16(23-2)9-5-14/h4-5,7-10,12-13H,6,11H2,1-3H3,(H,21,22). The van der Waals surface area contributed by atoms with Crippen molar-refractivity contribution in [3.05, 3.63) is 58.1 Å². The number of carbonyl (C=O) groups excluding carboxylic acids is 1. The lowest BCUT2D eigenvalue weighted by atomic mass is 10.1. The van der Waals surface area contributed by atoms with Crippen LogP contribution in [0.3, 0.4) is 0 Å². The van der Waals surface area contributed by atoms with E-state index in [1.165, 1.54) is 0 Å². The van der Waals surface area contributed by atoms with Crippen LogP contribution in [0.1, 0.15) is 30.5 Å². The van der Waals surface area contributed by atoms with Crippen LogP contribution >= 0.6 is 15.9 Å². The first kappa shape index (κ1) is 18.3. The van der Waals surface area contributed by atoms with E-state index in [-0.39, 0.29) is 11.9 Å². The molecule has 4 nitrogen and oxygen atoms in total. The fourth-order valence-electron chi connectivity index (χ4n) is 2.40. The highest BCUT2D eigenvalue weighted by Gasteiger charge is 2.11. The number of nitrogens with one attached hydrogen (secondary N) is 1. The molecule has 0 bridgehead atoms. The normalized spacial score (nSPS) is 11.7. The average Bonchev–Trinajstić information content (AvgIpc) is 2.60. The van der Waals surface area contributed by atoms with E-state index >= 15 is 0 Å². The van der Waals surface area contributed by atoms with E-state index in [4.69, 9.17) is 9.47 Å². The lowest BCUT2D eigenvalue weighted by molar-refractivity contribution is -0.121. The second-order valence-electron chi connectivity index (χ2n) is 5.53. The minimum atomic E-state index is -0.0597. The summed E-state index contributed by atoms with van der Waals surface area (Å²) in [5, 5.41) is 3.03. The van der Waals surface area contributed by atoms with Gasteiger partial charge in [0.15, 0.2) is 0 Å². The Hall–Kier alpha value is -2.01. The van der Waals surface area contributed by atoms with Crippen molar-refractivity contribution in [2.24, 2.45) is 0 Å². The van der Waals surface area contributed by atoms with Crippen molar-refractivity contribution < 1.29 is 14.3 Å². The fraction of sp³-hybridized carbons (Fsp3) is 0.316. The molecule has 1 atom stereocenters.